The summed E-state index contributed by atoms with van der Waals surface area (Å²) in [6, 6.07) is 15.0. The lowest BCUT2D eigenvalue weighted by atomic mass is 10.1. The SMILES string of the molecule is Cc1ccc(NC(=S)NC(=O)Cc2ccccc2)cc1Cl. The van der Waals surface area contributed by atoms with Crippen LogP contribution in [0.2, 0.25) is 5.02 Å². The molecular weight excluding hydrogens is 304 g/mol. The fourth-order valence-electron chi connectivity index (χ4n) is 1.79. The van der Waals surface area contributed by atoms with Gasteiger partial charge < -0.3 is 10.6 Å². The lowest BCUT2D eigenvalue weighted by Gasteiger charge is -2.10. The number of anilines is 1. The largest absolute Gasteiger partial charge is 0.332 e. The van der Waals surface area contributed by atoms with Gasteiger partial charge in [0, 0.05) is 10.7 Å². The summed E-state index contributed by atoms with van der Waals surface area (Å²) in [6.45, 7) is 1.92. The van der Waals surface area contributed by atoms with Crippen LogP contribution in [0, 0.1) is 6.92 Å². The normalized spacial score (nSPS) is 10.0. The van der Waals surface area contributed by atoms with E-state index in [1.807, 2.05) is 49.4 Å². The third-order valence-electron chi connectivity index (χ3n) is 2.89. The number of rotatable bonds is 3. The van der Waals surface area contributed by atoms with E-state index in [0.717, 1.165) is 16.8 Å². The molecule has 0 unspecified atom stereocenters. The topological polar surface area (TPSA) is 41.1 Å². The summed E-state index contributed by atoms with van der Waals surface area (Å²) < 4.78 is 0. The van der Waals surface area contributed by atoms with E-state index in [9.17, 15) is 4.79 Å². The van der Waals surface area contributed by atoms with E-state index in [-0.39, 0.29) is 17.4 Å². The number of hydrogen-bond acceptors (Lipinski definition) is 2. The summed E-state index contributed by atoms with van der Waals surface area (Å²) in [5.41, 5.74) is 2.67. The van der Waals surface area contributed by atoms with Crippen molar-refractivity contribution in [1.82, 2.24) is 5.32 Å². The van der Waals surface area contributed by atoms with Crippen LogP contribution in [0.1, 0.15) is 11.1 Å². The summed E-state index contributed by atoms with van der Waals surface area (Å²) in [6.07, 6.45) is 0.289. The first-order valence-corrected chi connectivity index (χ1v) is 7.24. The Balaban J connectivity index is 1.89. The Hall–Kier alpha value is -1.91. The van der Waals surface area contributed by atoms with Crippen molar-refractivity contribution in [2.75, 3.05) is 5.32 Å². The summed E-state index contributed by atoms with van der Waals surface area (Å²) in [5.74, 6) is -0.156. The molecule has 0 bridgehead atoms. The number of carbonyl (C=O) groups is 1. The molecule has 5 heteroatoms. The maximum Gasteiger partial charge on any atom is 0.230 e. The molecule has 0 aliphatic heterocycles. The number of aryl methyl sites for hydroxylation is 1. The van der Waals surface area contributed by atoms with Crippen LogP contribution in [0.5, 0.6) is 0 Å². The molecule has 0 aliphatic rings. The molecular formula is C16H15ClN2OS. The van der Waals surface area contributed by atoms with E-state index >= 15 is 0 Å². The van der Waals surface area contributed by atoms with Crippen molar-refractivity contribution in [3.8, 4) is 0 Å². The molecule has 2 rings (SSSR count). The molecule has 0 aliphatic carbocycles. The van der Waals surface area contributed by atoms with E-state index < -0.39 is 0 Å². The molecule has 0 saturated carbocycles. The minimum absolute atomic E-state index is 0.156. The molecule has 108 valence electrons. The number of thiocarbonyl (C=S) groups is 1. The maximum atomic E-state index is 11.9. The van der Waals surface area contributed by atoms with Crippen LogP contribution in [-0.2, 0) is 11.2 Å². The number of hydrogen-bond donors (Lipinski definition) is 2. The first-order valence-electron chi connectivity index (χ1n) is 6.45. The van der Waals surface area contributed by atoms with Gasteiger partial charge >= 0.3 is 0 Å². The van der Waals surface area contributed by atoms with E-state index in [1.54, 1.807) is 6.07 Å². The minimum Gasteiger partial charge on any atom is -0.332 e. The lowest BCUT2D eigenvalue weighted by molar-refractivity contribution is -0.119. The minimum atomic E-state index is -0.156. The van der Waals surface area contributed by atoms with Gasteiger partial charge in [-0.1, -0.05) is 48.0 Å². The van der Waals surface area contributed by atoms with Gasteiger partial charge in [0.25, 0.3) is 0 Å². The van der Waals surface area contributed by atoms with Gasteiger partial charge in [-0.15, -0.1) is 0 Å². The van der Waals surface area contributed by atoms with Crippen LogP contribution < -0.4 is 10.6 Å². The van der Waals surface area contributed by atoms with Crippen molar-refractivity contribution in [1.29, 1.82) is 0 Å². The second kappa shape index (κ2) is 7.20. The monoisotopic (exact) mass is 318 g/mol. The van der Waals surface area contributed by atoms with E-state index in [1.165, 1.54) is 0 Å². The summed E-state index contributed by atoms with van der Waals surface area (Å²) >= 11 is 11.2. The van der Waals surface area contributed by atoms with Crippen molar-refractivity contribution in [2.45, 2.75) is 13.3 Å². The average Bonchev–Trinajstić information content (AvgIpc) is 2.43. The molecule has 2 N–H and O–H groups in total. The van der Waals surface area contributed by atoms with Crippen LogP contribution in [-0.4, -0.2) is 11.0 Å². The molecule has 2 aromatic rings. The number of nitrogens with one attached hydrogen (secondary N) is 2. The van der Waals surface area contributed by atoms with Crippen LogP contribution >= 0.6 is 23.8 Å². The predicted molar refractivity (Wildman–Crippen MR) is 90.7 cm³/mol. The molecule has 0 heterocycles. The molecule has 0 spiro atoms. The maximum absolute atomic E-state index is 11.9. The van der Waals surface area contributed by atoms with Gasteiger partial charge in [0.05, 0.1) is 6.42 Å². The predicted octanol–water partition coefficient (Wildman–Crippen LogP) is 3.70. The zero-order valence-electron chi connectivity index (χ0n) is 11.5. The van der Waals surface area contributed by atoms with Crippen LogP contribution in [0.4, 0.5) is 5.69 Å². The van der Waals surface area contributed by atoms with Gasteiger partial charge in [0.15, 0.2) is 5.11 Å². The zero-order chi connectivity index (χ0) is 15.2. The van der Waals surface area contributed by atoms with Crippen molar-refractivity contribution in [3.63, 3.8) is 0 Å². The Morgan fingerprint density at radius 1 is 1.19 bits per heavy atom. The molecule has 0 radical (unpaired) electrons. The summed E-state index contributed by atoms with van der Waals surface area (Å²) in [7, 11) is 0. The molecule has 0 atom stereocenters. The highest BCUT2D eigenvalue weighted by molar-refractivity contribution is 7.80. The first kappa shape index (κ1) is 15.5. The van der Waals surface area contributed by atoms with Crippen LogP contribution in [0.25, 0.3) is 0 Å². The standard InChI is InChI=1S/C16H15ClN2OS/c1-11-7-8-13(10-14(11)17)18-16(21)19-15(20)9-12-5-3-2-4-6-12/h2-8,10H,9H2,1H3,(H2,18,19,20,21). The first-order chi connectivity index (χ1) is 10.0. The quantitative estimate of drug-likeness (QED) is 0.848. The van der Waals surface area contributed by atoms with E-state index in [4.69, 9.17) is 23.8 Å². The van der Waals surface area contributed by atoms with Crippen molar-refractivity contribution >= 4 is 40.5 Å². The molecule has 3 nitrogen and oxygen atoms in total. The molecule has 0 fully saturated rings. The molecule has 0 aromatic heterocycles. The highest BCUT2D eigenvalue weighted by atomic mass is 35.5. The Morgan fingerprint density at radius 2 is 1.90 bits per heavy atom. The van der Waals surface area contributed by atoms with Gasteiger partial charge in [-0.3, -0.25) is 4.79 Å². The third-order valence-corrected chi connectivity index (χ3v) is 3.50. The van der Waals surface area contributed by atoms with E-state index in [2.05, 4.69) is 10.6 Å². The molecule has 2 aromatic carbocycles. The van der Waals surface area contributed by atoms with Gasteiger partial charge in [0.2, 0.25) is 5.91 Å². The van der Waals surface area contributed by atoms with Gasteiger partial charge in [-0.2, -0.15) is 0 Å². The molecule has 0 saturated heterocycles. The van der Waals surface area contributed by atoms with Crippen molar-refractivity contribution in [3.05, 3.63) is 64.7 Å². The number of benzene rings is 2. The Kier molecular flexibility index (Phi) is 5.31. The third kappa shape index (κ3) is 4.85. The Labute approximate surface area is 134 Å². The van der Waals surface area contributed by atoms with E-state index in [0.29, 0.717) is 5.02 Å². The second-order valence-corrected chi connectivity index (χ2v) is 5.44. The number of halogens is 1. The smallest absolute Gasteiger partial charge is 0.230 e. The van der Waals surface area contributed by atoms with Crippen LogP contribution in [0.3, 0.4) is 0 Å². The van der Waals surface area contributed by atoms with Gasteiger partial charge in [0.1, 0.15) is 0 Å². The number of carbonyl (C=O) groups excluding carboxylic acids is 1. The second-order valence-electron chi connectivity index (χ2n) is 4.63. The zero-order valence-corrected chi connectivity index (χ0v) is 13.1. The van der Waals surface area contributed by atoms with Gasteiger partial charge in [-0.25, -0.2) is 0 Å². The van der Waals surface area contributed by atoms with Crippen molar-refractivity contribution < 1.29 is 4.79 Å². The fourth-order valence-corrected chi connectivity index (χ4v) is 2.20. The van der Waals surface area contributed by atoms with Crippen LogP contribution in [0.15, 0.2) is 48.5 Å². The molecule has 21 heavy (non-hydrogen) atoms. The molecule has 1 amide bonds. The summed E-state index contributed by atoms with van der Waals surface area (Å²) in [4.78, 5) is 11.9. The average molecular weight is 319 g/mol. The highest BCUT2D eigenvalue weighted by Crippen LogP contribution is 2.19. The lowest BCUT2D eigenvalue weighted by Crippen LogP contribution is -2.35. The highest BCUT2D eigenvalue weighted by Gasteiger charge is 2.06. The van der Waals surface area contributed by atoms with Crippen molar-refractivity contribution in [2.24, 2.45) is 0 Å². The Morgan fingerprint density at radius 3 is 2.57 bits per heavy atom. The summed E-state index contributed by atoms with van der Waals surface area (Å²) in [5, 5.41) is 6.50. The fraction of sp³-hybridized carbons (Fsp3) is 0.125. The Bertz CT molecular complexity index is 659. The van der Waals surface area contributed by atoms with Gasteiger partial charge in [-0.05, 0) is 42.4 Å². The number of amides is 1.